The van der Waals surface area contributed by atoms with Gasteiger partial charge in [-0.1, -0.05) is 26.8 Å². The van der Waals surface area contributed by atoms with Gasteiger partial charge in [0.2, 0.25) is 0 Å². The lowest BCUT2D eigenvalue weighted by Gasteiger charge is -2.34. The molecule has 1 fully saturated rings. The van der Waals surface area contributed by atoms with Gasteiger partial charge in [0, 0.05) is 23.7 Å². The van der Waals surface area contributed by atoms with Crippen LogP contribution in [0.15, 0.2) is 59.5 Å². The van der Waals surface area contributed by atoms with E-state index in [4.69, 9.17) is 14.5 Å². The van der Waals surface area contributed by atoms with Crippen LogP contribution in [0.2, 0.25) is 0 Å². The summed E-state index contributed by atoms with van der Waals surface area (Å²) >= 11 is 0. The number of pyridine rings is 1. The van der Waals surface area contributed by atoms with Gasteiger partial charge in [0.15, 0.2) is 15.6 Å². The van der Waals surface area contributed by atoms with E-state index in [1.807, 2.05) is 13.8 Å². The molecule has 2 aromatic carbocycles. The molecule has 1 unspecified atom stereocenters. The first-order valence-electron chi connectivity index (χ1n) is 13.4. The van der Waals surface area contributed by atoms with Gasteiger partial charge < -0.3 is 14.4 Å². The van der Waals surface area contributed by atoms with E-state index in [0.29, 0.717) is 47.6 Å². The van der Waals surface area contributed by atoms with Gasteiger partial charge in [0.25, 0.3) is 0 Å². The van der Waals surface area contributed by atoms with Crippen LogP contribution < -0.4 is 14.4 Å². The lowest BCUT2D eigenvalue weighted by atomic mass is 9.97. The molecule has 1 saturated heterocycles. The Balaban J connectivity index is 1.76. The van der Waals surface area contributed by atoms with E-state index < -0.39 is 27.2 Å². The summed E-state index contributed by atoms with van der Waals surface area (Å²) < 4.78 is 51.9. The van der Waals surface area contributed by atoms with Crippen LogP contribution >= 0.6 is 0 Å². The van der Waals surface area contributed by atoms with Gasteiger partial charge in [-0.05, 0) is 74.6 Å². The molecule has 1 aliphatic heterocycles. The van der Waals surface area contributed by atoms with Crippen LogP contribution in [0.3, 0.4) is 0 Å². The lowest BCUT2D eigenvalue weighted by molar-refractivity contribution is 0.102. The van der Waals surface area contributed by atoms with Crippen LogP contribution in [-0.4, -0.2) is 50.7 Å². The van der Waals surface area contributed by atoms with Gasteiger partial charge in [-0.25, -0.2) is 17.8 Å². The predicted octanol–water partition coefficient (Wildman–Crippen LogP) is 6.21. The Bertz CT molecular complexity index is 1500. The van der Waals surface area contributed by atoms with Gasteiger partial charge in [-0.3, -0.25) is 4.79 Å². The Hall–Kier alpha value is -3.46. The smallest absolute Gasteiger partial charge is 0.185 e. The number of hydrogen-bond donors (Lipinski definition) is 0. The minimum atomic E-state index is -3.95. The summed E-state index contributed by atoms with van der Waals surface area (Å²) in [5.41, 5.74) is 0.865. The van der Waals surface area contributed by atoms with Crippen molar-refractivity contribution in [1.82, 2.24) is 4.98 Å². The fraction of sp³-hybridized carbons (Fsp3) is 0.419. The summed E-state index contributed by atoms with van der Waals surface area (Å²) in [4.78, 5) is 20.5. The molecule has 0 N–H and O–H groups in total. The highest BCUT2D eigenvalue weighted by Gasteiger charge is 2.39. The van der Waals surface area contributed by atoms with Crippen LogP contribution in [0.4, 0.5) is 10.2 Å². The highest BCUT2D eigenvalue weighted by atomic mass is 32.2. The molecule has 7 nitrogen and oxygen atoms in total. The number of sulfone groups is 1. The summed E-state index contributed by atoms with van der Waals surface area (Å²) in [6.45, 7) is 11.4. The largest absolute Gasteiger partial charge is 0.497 e. The number of aromatic nitrogens is 1. The molecule has 3 aromatic rings. The Morgan fingerprint density at radius 3 is 2.52 bits per heavy atom. The van der Waals surface area contributed by atoms with E-state index in [1.54, 1.807) is 30.3 Å². The first-order chi connectivity index (χ1) is 18.8. The number of ether oxygens (including phenoxy) is 2. The van der Waals surface area contributed by atoms with Gasteiger partial charge in [0.05, 0.1) is 29.9 Å². The standard InChI is InChI=1S/C31H37FN2O5S/c1-20(2)18-39-25-13-22(12-23(32)14-25)28-11-10-27(30(33-28)34-17-21(3)16-31(34,4)5)29(35)19-40(36,37)26-9-7-8-24(15-26)38-6/h7-15,20-21H,16-19H2,1-6H3. The van der Waals surface area contributed by atoms with E-state index in [-0.39, 0.29) is 21.9 Å². The third-order valence-corrected chi connectivity index (χ3v) is 8.59. The van der Waals surface area contributed by atoms with Gasteiger partial charge in [-0.2, -0.15) is 0 Å². The SMILES string of the molecule is COc1cccc(S(=O)(=O)CC(=O)c2ccc(-c3cc(F)cc(OCC(C)C)c3)nc2N2CC(C)CC2(C)C)c1. The molecule has 0 spiro atoms. The summed E-state index contributed by atoms with van der Waals surface area (Å²) in [6.07, 6.45) is 0.877. The molecular weight excluding hydrogens is 531 g/mol. The maximum Gasteiger partial charge on any atom is 0.185 e. The molecule has 4 rings (SSSR count). The topological polar surface area (TPSA) is 85.8 Å². The van der Waals surface area contributed by atoms with Gasteiger partial charge >= 0.3 is 0 Å². The van der Waals surface area contributed by atoms with E-state index in [0.717, 1.165) is 6.42 Å². The maximum absolute atomic E-state index is 14.6. The first kappa shape index (κ1) is 29.5. The van der Waals surface area contributed by atoms with Crippen LogP contribution in [-0.2, 0) is 9.84 Å². The fourth-order valence-electron chi connectivity index (χ4n) is 5.18. The van der Waals surface area contributed by atoms with E-state index in [1.165, 1.54) is 31.4 Å². The van der Waals surface area contributed by atoms with Crippen molar-refractivity contribution >= 4 is 21.4 Å². The van der Waals surface area contributed by atoms with Crippen molar-refractivity contribution in [3.8, 4) is 22.8 Å². The quantitative estimate of drug-likeness (QED) is 0.269. The fourth-order valence-corrected chi connectivity index (χ4v) is 6.43. The van der Waals surface area contributed by atoms with Crippen molar-refractivity contribution in [2.24, 2.45) is 11.8 Å². The third-order valence-electron chi connectivity index (χ3n) is 6.98. The Morgan fingerprint density at radius 2 is 1.88 bits per heavy atom. The van der Waals surface area contributed by atoms with Crippen molar-refractivity contribution in [3.63, 3.8) is 0 Å². The molecule has 40 heavy (non-hydrogen) atoms. The molecule has 0 aliphatic carbocycles. The van der Waals surface area contributed by atoms with Crippen molar-refractivity contribution in [2.75, 3.05) is 30.9 Å². The van der Waals surface area contributed by atoms with Crippen molar-refractivity contribution in [2.45, 2.75) is 51.5 Å². The molecule has 1 aromatic heterocycles. The second-order valence-corrected chi connectivity index (χ2v) is 13.5. The number of carbonyl (C=O) groups is 1. The van der Waals surface area contributed by atoms with Gasteiger partial charge in [0.1, 0.15) is 28.9 Å². The van der Waals surface area contributed by atoms with Crippen LogP contribution in [0, 0.1) is 17.7 Å². The number of benzene rings is 2. The number of rotatable bonds is 10. The number of nitrogens with zero attached hydrogens (tertiary/aromatic N) is 2. The number of halogens is 1. The normalized spacial score (nSPS) is 16.8. The Morgan fingerprint density at radius 1 is 1.12 bits per heavy atom. The highest BCUT2D eigenvalue weighted by molar-refractivity contribution is 7.92. The molecule has 0 saturated carbocycles. The number of anilines is 1. The zero-order chi connectivity index (χ0) is 29.2. The summed E-state index contributed by atoms with van der Waals surface area (Å²) in [5, 5.41) is 0. The minimum Gasteiger partial charge on any atom is -0.497 e. The van der Waals surface area contributed by atoms with Crippen LogP contribution in [0.1, 0.15) is 51.4 Å². The zero-order valence-electron chi connectivity index (χ0n) is 23.9. The molecular formula is C31H37FN2O5S. The molecule has 214 valence electrons. The Labute approximate surface area is 236 Å². The average Bonchev–Trinajstić information content (AvgIpc) is 3.17. The number of ketones is 1. The maximum atomic E-state index is 14.6. The van der Waals surface area contributed by atoms with E-state index >= 15 is 0 Å². The second kappa shape index (κ2) is 11.6. The first-order valence-corrected chi connectivity index (χ1v) is 15.1. The molecule has 9 heteroatoms. The number of carbonyl (C=O) groups excluding carboxylic acids is 1. The number of methoxy groups -OCH3 is 1. The molecule has 0 radical (unpaired) electrons. The minimum absolute atomic E-state index is 0.00939. The lowest BCUT2D eigenvalue weighted by Crippen LogP contribution is -2.40. The third kappa shape index (κ3) is 6.63. The molecule has 1 atom stereocenters. The van der Waals surface area contributed by atoms with E-state index in [2.05, 4.69) is 25.7 Å². The Kier molecular flexibility index (Phi) is 8.54. The molecule has 1 aliphatic rings. The highest BCUT2D eigenvalue weighted by Crippen LogP contribution is 2.39. The van der Waals surface area contributed by atoms with Crippen LogP contribution in [0.5, 0.6) is 11.5 Å². The number of hydrogen-bond acceptors (Lipinski definition) is 7. The van der Waals surface area contributed by atoms with Gasteiger partial charge in [-0.15, -0.1) is 0 Å². The second-order valence-electron chi connectivity index (χ2n) is 11.5. The van der Waals surface area contributed by atoms with E-state index in [9.17, 15) is 17.6 Å². The predicted molar refractivity (Wildman–Crippen MR) is 155 cm³/mol. The average molecular weight is 569 g/mol. The van der Waals surface area contributed by atoms with Crippen molar-refractivity contribution < 1.29 is 27.1 Å². The molecule has 0 bridgehead atoms. The summed E-state index contributed by atoms with van der Waals surface area (Å²) in [6, 6.07) is 13.7. The van der Waals surface area contributed by atoms with Crippen LogP contribution in [0.25, 0.3) is 11.3 Å². The summed E-state index contributed by atoms with van der Waals surface area (Å²) in [7, 11) is -2.50. The monoisotopic (exact) mass is 568 g/mol. The summed E-state index contributed by atoms with van der Waals surface area (Å²) in [5.74, 6) is 0.0546. The molecule has 0 amide bonds. The van der Waals surface area contributed by atoms with Crippen molar-refractivity contribution in [3.05, 3.63) is 66.0 Å². The molecule has 2 heterocycles. The van der Waals surface area contributed by atoms with Crippen molar-refractivity contribution in [1.29, 1.82) is 0 Å². The zero-order valence-corrected chi connectivity index (χ0v) is 24.7. The number of Topliss-reactive ketones (excluding diaryl/α,β-unsaturated/α-hetero) is 1.